The minimum Gasteiger partial charge on any atom is -0.468 e. The lowest BCUT2D eigenvalue weighted by atomic mass is 9.35. The summed E-state index contributed by atoms with van der Waals surface area (Å²) in [6.07, 6.45) is 8.31. The highest BCUT2D eigenvalue weighted by Gasteiger charge is 2.55. The third-order valence-electron chi connectivity index (χ3n) is 20.5. The zero-order valence-electron chi connectivity index (χ0n) is 48.1. The molecule has 2 bridgehead atoms. The van der Waals surface area contributed by atoms with Crippen LogP contribution in [0.5, 0.6) is 0 Å². The number of fused-ring (bicyclic) bond motifs is 13. The van der Waals surface area contributed by atoms with Crippen LogP contribution in [0.3, 0.4) is 0 Å². The Morgan fingerprint density at radius 1 is 0.473 bits per heavy atom. The molecule has 3 nitrogen and oxygen atoms in total. The third kappa shape index (κ3) is 6.70. The van der Waals surface area contributed by atoms with E-state index in [1.165, 1.54) is 131 Å². The predicted molar refractivity (Wildman–Crippen MR) is 317 cm³/mol. The Morgan fingerprint density at radius 2 is 1.00 bits per heavy atom. The first-order chi connectivity index (χ1) is 34.5. The van der Waals surface area contributed by atoms with E-state index in [4.69, 9.17) is 4.42 Å². The molecule has 7 aromatic rings. The minimum absolute atomic E-state index is 0.00261. The molecule has 0 N–H and O–H groups in total. The highest BCUT2D eigenvalue weighted by Crippen LogP contribution is 2.63. The van der Waals surface area contributed by atoms with Crippen LogP contribution >= 0.6 is 0 Å². The van der Waals surface area contributed by atoms with E-state index in [2.05, 4.69) is 225 Å². The van der Waals surface area contributed by atoms with Crippen molar-refractivity contribution in [1.82, 2.24) is 0 Å². The number of benzene rings is 6. The maximum Gasteiger partial charge on any atom is 0.297 e. The van der Waals surface area contributed by atoms with E-state index in [0.29, 0.717) is 0 Å². The summed E-state index contributed by atoms with van der Waals surface area (Å²) in [5.74, 6) is 0. The summed E-state index contributed by atoms with van der Waals surface area (Å²) in [6.45, 7) is 41.4. The summed E-state index contributed by atoms with van der Waals surface area (Å²) in [5, 5.41) is 1.25. The lowest BCUT2D eigenvalue weighted by molar-refractivity contribution is 0.332. The summed E-state index contributed by atoms with van der Waals surface area (Å²) < 4.78 is 7.88. The van der Waals surface area contributed by atoms with Gasteiger partial charge in [-0.1, -0.05) is 159 Å². The molecule has 1 saturated carbocycles. The number of nitrogens with zero attached hydrogens (tertiary/aromatic N) is 2. The van der Waals surface area contributed by atoms with E-state index >= 15 is 0 Å². The molecule has 74 heavy (non-hydrogen) atoms. The molecule has 1 aromatic heterocycles. The maximum absolute atomic E-state index is 7.88. The van der Waals surface area contributed by atoms with E-state index < -0.39 is 0 Å². The molecule has 2 aliphatic heterocycles. The van der Waals surface area contributed by atoms with Crippen LogP contribution in [0.15, 0.2) is 101 Å². The first kappa shape index (κ1) is 48.2. The molecule has 2 atom stereocenters. The van der Waals surface area contributed by atoms with E-state index in [1.54, 1.807) is 0 Å². The van der Waals surface area contributed by atoms with Gasteiger partial charge in [0.1, 0.15) is 5.58 Å². The Balaban J connectivity index is 1.22. The van der Waals surface area contributed by atoms with Gasteiger partial charge in [-0.3, -0.25) is 0 Å². The first-order valence-electron chi connectivity index (χ1n) is 28.5. The van der Waals surface area contributed by atoms with Crippen LogP contribution in [0.25, 0.3) is 22.1 Å². The molecular formula is C70H81BN2O. The van der Waals surface area contributed by atoms with Gasteiger partial charge in [0, 0.05) is 33.7 Å². The molecule has 0 spiro atoms. The highest BCUT2D eigenvalue weighted by molar-refractivity contribution is 7.00. The van der Waals surface area contributed by atoms with Crippen LogP contribution in [0.1, 0.15) is 206 Å². The van der Waals surface area contributed by atoms with Crippen LogP contribution in [-0.4, -0.2) is 6.71 Å². The molecular weight excluding hydrogens is 896 g/mol. The Labute approximate surface area is 444 Å². The highest BCUT2D eigenvalue weighted by atomic mass is 16.3. The van der Waals surface area contributed by atoms with Crippen molar-refractivity contribution in [2.45, 2.75) is 206 Å². The number of hydrogen-bond donors (Lipinski definition) is 0. The Bertz CT molecular complexity index is 3570. The van der Waals surface area contributed by atoms with Crippen molar-refractivity contribution in [2.75, 3.05) is 9.80 Å². The summed E-state index contributed by atoms with van der Waals surface area (Å²) in [7, 11) is 0. The van der Waals surface area contributed by atoms with E-state index in [1.807, 2.05) is 0 Å². The molecule has 380 valence electrons. The number of aryl methyl sites for hydroxylation is 1. The second kappa shape index (κ2) is 14.9. The van der Waals surface area contributed by atoms with Crippen LogP contribution in [0.2, 0.25) is 0 Å². The van der Waals surface area contributed by atoms with Crippen molar-refractivity contribution in [1.29, 1.82) is 0 Å². The van der Waals surface area contributed by atoms with Crippen LogP contribution in [0.4, 0.5) is 34.1 Å². The normalized spacial score (nSPS) is 23.3. The largest absolute Gasteiger partial charge is 0.468 e. The number of hydrogen-bond acceptors (Lipinski definition) is 3. The van der Waals surface area contributed by atoms with Gasteiger partial charge in [-0.25, -0.2) is 0 Å². The molecule has 6 aliphatic rings. The zero-order valence-corrected chi connectivity index (χ0v) is 48.1. The van der Waals surface area contributed by atoms with Gasteiger partial charge in [0.25, 0.3) is 6.71 Å². The molecule has 1 fully saturated rings. The lowest BCUT2D eigenvalue weighted by Gasteiger charge is -2.47. The van der Waals surface area contributed by atoms with Crippen LogP contribution in [-0.2, 0) is 43.3 Å². The van der Waals surface area contributed by atoms with Crippen molar-refractivity contribution in [3.8, 4) is 11.1 Å². The maximum atomic E-state index is 7.88. The van der Waals surface area contributed by atoms with Crippen molar-refractivity contribution < 1.29 is 4.42 Å². The number of rotatable bonds is 3. The topological polar surface area (TPSA) is 19.6 Å². The molecule has 0 radical (unpaired) electrons. The molecule has 0 saturated heterocycles. The summed E-state index contributed by atoms with van der Waals surface area (Å²) in [6, 6.07) is 39.6. The number of anilines is 6. The molecule has 13 rings (SSSR count). The standard InChI is InChI=1S/C70H81BN2O/c1-41-31-43(63(2,3)4)23-24-54(41)72-56-38-50-48(66(10,11)26-28-68(50,14)15)36-53(56)71-60-57(72)32-44(64(5,6)7)33-58(60)73(61-46-35-51-52(39-59(46)74-62(61)71)70(17)30-29-69(51,16)40-70)55-37-49-47(65(8,9)25-27-67(49,12)13)34-45(55)42-21-19-18-20-22-42/h18-24,31-39H,25-30,40H2,1-17H3/t69?,70-/m1/s1. The average molecular weight is 977 g/mol. The zero-order chi connectivity index (χ0) is 52.4. The van der Waals surface area contributed by atoms with Gasteiger partial charge in [-0.15, -0.1) is 0 Å². The van der Waals surface area contributed by atoms with Gasteiger partial charge in [-0.05, 0) is 210 Å². The molecule has 1 unspecified atom stereocenters. The SMILES string of the molecule is Cc1cc(C(C)(C)C)ccc1N1c2cc3c(cc2B2c4oc5cc6c(cc5c4N(c4cc5c(cc4-c4ccccc4)C(C)(C)CCC5(C)C)c4cc(C(C)(C)C)cc1c42)C1(C)CC[C@]6(C)C1)C(C)(C)CCC3(C)C. The van der Waals surface area contributed by atoms with Crippen molar-refractivity contribution in [3.63, 3.8) is 0 Å². The summed E-state index contributed by atoms with van der Waals surface area (Å²) in [5.41, 5.74) is 28.1. The van der Waals surface area contributed by atoms with E-state index in [9.17, 15) is 0 Å². The fourth-order valence-corrected chi connectivity index (χ4v) is 15.6. The van der Waals surface area contributed by atoms with E-state index in [-0.39, 0.29) is 50.0 Å². The average Bonchev–Trinajstić information content (AvgIpc) is 3.94. The smallest absolute Gasteiger partial charge is 0.297 e. The van der Waals surface area contributed by atoms with Gasteiger partial charge < -0.3 is 14.2 Å². The second-order valence-corrected chi connectivity index (χ2v) is 29.8. The summed E-state index contributed by atoms with van der Waals surface area (Å²) in [4.78, 5) is 5.45. The molecule has 3 heterocycles. The molecule has 4 aliphatic carbocycles. The summed E-state index contributed by atoms with van der Waals surface area (Å²) >= 11 is 0. The monoisotopic (exact) mass is 977 g/mol. The van der Waals surface area contributed by atoms with E-state index in [0.717, 1.165) is 36.9 Å². The molecule has 4 heteroatoms. The van der Waals surface area contributed by atoms with Crippen molar-refractivity contribution in [2.24, 2.45) is 0 Å². The number of furan rings is 1. The molecule has 0 amide bonds. The third-order valence-corrected chi connectivity index (χ3v) is 20.5. The van der Waals surface area contributed by atoms with Gasteiger partial charge in [0.2, 0.25) is 0 Å². The fraction of sp³-hybridized carbons (Fsp3) is 0.457. The Kier molecular flexibility index (Phi) is 9.72. The van der Waals surface area contributed by atoms with Crippen LogP contribution in [0, 0.1) is 6.92 Å². The lowest BCUT2D eigenvalue weighted by Crippen LogP contribution is -2.61. The van der Waals surface area contributed by atoms with Gasteiger partial charge in [0.05, 0.1) is 17.0 Å². The predicted octanol–water partition coefficient (Wildman–Crippen LogP) is 17.5. The van der Waals surface area contributed by atoms with Gasteiger partial charge in [0.15, 0.2) is 0 Å². The van der Waals surface area contributed by atoms with Gasteiger partial charge in [-0.2, -0.15) is 0 Å². The van der Waals surface area contributed by atoms with Crippen molar-refractivity contribution in [3.05, 3.63) is 147 Å². The fourth-order valence-electron chi connectivity index (χ4n) is 15.6. The van der Waals surface area contributed by atoms with Crippen molar-refractivity contribution >= 4 is 68.4 Å². The Morgan fingerprint density at radius 3 is 1.57 bits per heavy atom. The molecule has 6 aromatic carbocycles. The Hall–Kier alpha value is -5.48. The van der Waals surface area contributed by atoms with Gasteiger partial charge >= 0.3 is 0 Å². The first-order valence-corrected chi connectivity index (χ1v) is 28.5. The van der Waals surface area contributed by atoms with Crippen LogP contribution < -0.4 is 26.4 Å². The quantitative estimate of drug-likeness (QED) is 0.165. The second-order valence-electron chi connectivity index (χ2n) is 29.8. The minimum atomic E-state index is -0.154.